The molecule has 104 valence electrons. The van der Waals surface area contributed by atoms with Gasteiger partial charge in [0.1, 0.15) is 12.1 Å². The van der Waals surface area contributed by atoms with Crippen LogP contribution < -0.4 is 0 Å². The summed E-state index contributed by atoms with van der Waals surface area (Å²) < 4.78 is 31.0. The van der Waals surface area contributed by atoms with Gasteiger partial charge < -0.3 is 9.25 Å². The van der Waals surface area contributed by atoms with Crippen molar-refractivity contribution >= 4 is 5.71 Å². The molecule has 9 heteroatoms. The van der Waals surface area contributed by atoms with E-state index in [1.54, 1.807) is 0 Å². The van der Waals surface area contributed by atoms with Gasteiger partial charge in [-0.1, -0.05) is 5.16 Å². The normalized spacial score (nSPS) is 9.52. The summed E-state index contributed by atoms with van der Waals surface area (Å²) in [5.41, 5.74) is -0.263. The summed E-state index contributed by atoms with van der Waals surface area (Å²) in [6.45, 7) is -0.274. The summed E-state index contributed by atoms with van der Waals surface area (Å²) in [6, 6.07) is 6.12. The average Bonchev–Trinajstić information content (AvgIpc) is 2.95. The van der Waals surface area contributed by atoms with Crippen LogP contribution in [0.25, 0.3) is 11.5 Å². The zero-order valence-electron chi connectivity index (χ0n) is 10.2. The summed E-state index contributed by atoms with van der Waals surface area (Å²) in [5, 5.41) is 27.3. The van der Waals surface area contributed by atoms with Crippen LogP contribution in [0.15, 0.2) is 27.8 Å². The molecular weight excluding hydrogens is 284 g/mol. The summed E-state index contributed by atoms with van der Waals surface area (Å²) in [5.74, 6) is -2.07. The van der Waals surface area contributed by atoms with Gasteiger partial charge in [-0.05, 0) is 18.2 Å². The van der Waals surface area contributed by atoms with Gasteiger partial charge >= 0.3 is 0 Å². The van der Waals surface area contributed by atoms with Crippen LogP contribution >= 0.6 is 0 Å². The largest absolute Gasteiger partial charge is 0.417 e. The van der Waals surface area contributed by atoms with E-state index in [0.717, 1.165) is 12.1 Å². The van der Waals surface area contributed by atoms with Crippen LogP contribution in [0, 0.1) is 34.3 Å². The smallest absolute Gasteiger partial charge is 0.257 e. The molecule has 1 heterocycles. The van der Waals surface area contributed by atoms with Gasteiger partial charge in [-0.25, -0.2) is 8.78 Å². The maximum atomic E-state index is 13.1. The minimum absolute atomic E-state index is 0.00582. The van der Waals surface area contributed by atoms with E-state index in [2.05, 4.69) is 20.2 Å². The second kappa shape index (κ2) is 6.21. The Morgan fingerprint density at radius 3 is 2.67 bits per heavy atom. The van der Waals surface area contributed by atoms with Crippen LogP contribution in [0.5, 0.6) is 0 Å². The number of aromatic nitrogens is 2. The molecule has 0 aliphatic carbocycles. The molecule has 0 atom stereocenters. The first kappa shape index (κ1) is 14.1. The van der Waals surface area contributed by atoms with Crippen LogP contribution in [0.1, 0.15) is 5.89 Å². The van der Waals surface area contributed by atoms with Crippen molar-refractivity contribution in [2.45, 2.75) is 6.61 Å². The molecule has 0 radical (unpaired) electrons. The summed E-state index contributed by atoms with van der Waals surface area (Å²) in [6.07, 6.45) is 0. The summed E-state index contributed by atoms with van der Waals surface area (Å²) in [7, 11) is 0. The lowest BCUT2D eigenvalue weighted by atomic mass is 10.2. The summed E-state index contributed by atoms with van der Waals surface area (Å²) in [4.78, 5) is 4.67. The van der Waals surface area contributed by atoms with Crippen molar-refractivity contribution in [2.24, 2.45) is 5.16 Å². The molecule has 2 rings (SSSR count). The number of benzene rings is 1. The van der Waals surface area contributed by atoms with E-state index in [0.29, 0.717) is 0 Å². The number of hydrogen-bond donors (Lipinski definition) is 0. The van der Waals surface area contributed by atoms with E-state index < -0.39 is 17.3 Å². The molecule has 21 heavy (non-hydrogen) atoms. The molecule has 0 spiro atoms. The van der Waals surface area contributed by atoms with Crippen molar-refractivity contribution in [1.29, 1.82) is 10.5 Å². The molecule has 0 aliphatic heterocycles. The van der Waals surface area contributed by atoms with E-state index in [4.69, 9.17) is 14.9 Å². The Balaban J connectivity index is 2.08. The highest BCUT2D eigenvalue weighted by molar-refractivity contribution is 6.09. The maximum absolute atomic E-state index is 13.1. The Morgan fingerprint density at radius 1 is 1.24 bits per heavy atom. The standard InChI is InChI=1S/C12H5F2N5O2/c13-9-2-1-7(3-10(9)14)12-18-17-11(21-12)6-20-19-8(4-15)5-16/h1-3H,6H2. The number of nitrogens with zero attached hydrogens (tertiary/aromatic N) is 5. The van der Waals surface area contributed by atoms with Gasteiger partial charge in [0.2, 0.25) is 5.89 Å². The second-order valence-electron chi connectivity index (χ2n) is 3.57. The molecule has 0 aliphatic rings. The van der Waals surface area contributed by atoms with Crippen LogP contribution in [-0.4, -0.2) is 15.9 Å². The van der Waals surface area contributed by atoms with Crippen molar-refractivity contribution in [3.8, 4) is 23.6 Å². The minimum atomic E-state index is -1.04. The fourth-order valence-electron chi connectivity index (χ4n) is 1.28. The first-order valence-corrected chi connectivity index (χ1v) is 5.42. The van der Waals surface area contributed by atoms with Gasteiger partial charge in [0.25, 0.3) is 11.6 Å². The second-order valence-corrected chi connectivity index (χ2v) is 3.57. The third-order valence-corrected chi connectivity index (χ3v) is 2.19. The molecule has 0 fully saturated rings. The average molecular weight is 289 g/mol. The molecule has 0 saturated carbocycles. The van der Waals surface area contributed by atoms with Crippen LogP contribution in [0.4, 0.5) is 8.78 Å². The monoisotopic (exact) mass is 289 g/mol. The Bertz CT molecular complexity index is 757. The predicted molar refractivity (Wildman–Crippen MR) is 63.1 cm³/mol. The minimum Gasteiger partial charge on any atom is -0.417 e. The first-order chi connectivity index (χ1) is 10.1. The van der Waals surface area contributed by atoms with E-state index in [-0.39, 0.29) is 24.0 Å². The van der Waals surface area contributed by atoms with Crippen molar-refractivity contribution in [3.63, 3.8) is 0 Å². The molecular formula is C12H5F2N5O2. The van der Waals surface area contributed by atoms with Crippen molar-refractivity contribution in [3.05, 3.63) is 35.7 Å². The van der Waals surface area contributed by atoms with Crippen LogP contribution in [-0.2, 0) is 11.4 Å². The van der Waals surface area contributed by atoms with Crippen molar-refractivity contribution in [1.82, 2.24) is 10.2 Å². The Kier molecular flexibility index (Phi) is 4.17. The third kappa shape index (κ3) is 3.36. The molecule has 0 unspecified atom stereocenters. The van der Waals surface area contributed by atoms with Gasteiger partial charge in [0.05, 0.1) is 0 Å². The van der Waals surface area contributed by atoms with E-state index in [1.165, 1.54) is 18.2 Å². The lowest BCUT2D eigenvalue weighted by Gasteiger charge is -1.96. The number of oxime groups is 1. The highest BCUT2D eigenvalue weighted by Crippen LogP contribution is 2.20. The Labute approximate surface area is 116 Å². The molecule has 0 bridgehead atoms. The Morgan fingerprint density at radius 2 is 2.00 bits per heavy atom. The molecule has 1 aromatic carbocycles. The lowest BCUT2D eigenvalue weighted by molar-refractivity contribution is 0.112. The number of nitriles is 2. The molecule has 0 amide bonds. The van der Waals surface area contributed by atoms with Gasteiger partial charge in [-0.2, -0.15) is 10.5 Å². The quantitative estimate of drug-likeness (QED) is 0.628. The lowest BCUT2D eigenvalue weighted by Crippen LogP contribution is -1.93. The third-order valence-electron chi connectivity index (χ3n) is 2.19. The zero-order valence-corrected chi connectivity index (χ0v) is 10.2. The highest BCUT2D eigenvalue weighted by atomic mass is 19.2. The first-order valence-electron chi connectivity index (χ1n) is 5.42. The maximum Gasteiger partial charge on any atom is 0.257 e. The number of rotatable bonds is 4. The zero-order chi connectivity index (χ0) is 15.2. The summed E-state index contributed by atoms with van der Waals surface area (Å²) >= 11 is 0. The van der Waals surface area contributed by atoms with E-state index in [9.17, 15) is 8.78 Å². The highest BCUT2D eigenvalue weighted by Gasteiger charge is 2.11. The predicted octanol–water partition coefficient (Wildman–Crippen LogP) is 1.93. The fourth-order valence-corrected chi connectivity index (χ4v) is 1.28. The number of halogens is 2. The van der Waals surface area contributed by atoms with Crippen LogP contribution in [0.2, 0.25) is 0 Å². The van der Waals surface area contributed by atoms with Gasteiger partial charge in [0.15, 0.2) is 18.2 Å². The van der Waals surface area contributed by atoms with Crippen molar-refractivity contribution in [2.75, 3.05) is 0 Å². The van der Waals surface area contributed by atoms with E-state index in [1.807, 2.05) is 0 Å². The SMILES string of the molecule is N#CC(C#N)=NOCc1nnc(-c2ccc(F)c(F)c2)o1. The molecule has 2 aromatic rings. The molecule has 7 nitrogen and oxygen atoms in total. The number of hydrogen-bond acceptors (Lipinski definition) is 7. The van der Waals surface area contributed by atoms with E-state index >= 15 is 0 Å². The van der Waals surface area contributed by atoms with Crippen molar-refractivity contribution < 1.29 is 18.0 Å². The topological polar surface area (TPSA) is 108 Å². The van der Waals surface area contributed by atoms with Gasteiger partial charge in [-0.3, -0.25) is 0 Å². The molecule has 0 saturated heterocycles. The fraction of sp³-hybridized carbons (Fsp3) is 0.0833. The molecule has 0 N–H and O–H groups in total. The Hall–Kier alpha value is -3.33. The van der Waals surface area contributed by atoms with Gasteiger partial charge in [0, 0.05) is 5.56 Å². The van der Waals surface area contributed by atoms with Gasteiger partial charge in [-0.15, -0.1) is 10.2 Å². The van der Waals surface area contributed by atoms with Crippen LogP contribution in [0.3, 0.4) is 0 Å². The molecule has 1 aromatic heterocycles.